The van der Waals surface area contributed by atoms with E-state index in [1.54, 1.807) is 0 Å². The molecule has 28 heavy (non-hydrogen) atoms. The molecule has 0 aliphatic carbocycles. The number of esters is 1. The van der Waals surface area contributed by atoms with Crippen LogP contribution in [-0.4, -0.2) is 18.7 Å². The number of hydrogen-bond donors (Lipinski definition) is 0. The van der Waals surface area contributed by atoms with Crippen LogP contribution in [-0.2, 0) is 20.4 Å². The van der Waals surface area contributed by atoms with Crippen LogP contribution in [0.15, 0.2) is 87.5 Å². The molecule has 1 unspecified atom stereocenters. The molecule has 0 N–H and O–H groups in total. The molecule has 2 heterocycles. The van der Waals surface area contributed by atoms with E-state index in [9.17, 15) is 4.79 Å². The topological polar surface area (TPSA) is 44.8 Å². The van der Waals surface area contributed by atoms with Gasteiger partial charge in [0.05, 0.1) is 6.61 Å². The maximum Gasteiger partial charge on any atom is 0.347 e. The molecule has 2 aliphatic rings. The predicted molar refractivity (Wildman–Crippen MR) is 106 cm³/mol. The second kappa shape index (κ2) is 7.24. The Balaban J connectivity index is 1.47. The molecule has 0 radical (unpaired) electrons. The van der Waals surface area contributed by atoms with Gasteiger partial charge >= 0.3 is 5.97 Å². The van der Waals surface area contributed by atoms with E-state index in [0.29, 0.717) is 18.8 Å². The van der Waals surface area contributed by atoms with Gasteiger partial charge in [0.1, 0.15) is 16.6 Å². The average molecular weight is 391 g/mol. The number of hydrogen-bond acceptors (Lipinski definition) is 4. The molecule has 3 aromatic carbocycles. The number of cyclic esters (lactones) is 1. The van der Waals surface area contributed by atoms with Gasteiger partial charge in [0.2, 0.25) is 9.79 Å². The molecule has 3 aromatic rings. The third kappa shape index (κ3) is 3.12. The van der Waals surface area contributed by atoms with Crippen LogP contribution in [0, 0.1) is 0 Å². The van der Waals surface area contributed by atoms with Crippen molar-refractivity contribution in [2.45, 2.75) is 33.6 Å². The monoisotopic (exact) mass is 391 g/mol. The van der Waals surface area contributed by atoms with Crippen molar-refractivity contribution in [1.29, 1.82) is 0 Å². The van der Waals surface area contributed by atoms with Crippen molar-refractivity contribution in [2.24, 2.45) is 0 Å². The number of rotatable bonds is 3. The Morgan fingerprint density at radius 3 is 2.14 bits per heavy atom. The molecule has 0 amide bonds. The second-order valence-electron chi connectivity index (χ2n) is 6.69. The largest absolute Gasteiger partial charge is 0.479 e. The normalized spacial score (nSPS) is 18.4. The minimum atomic E-state index is -0.508. The minimum absolute atomic E-state index is 0.252. The van der Waals surface area contributed by atoms with Crippen LogP contribution < -0.4 is 9.47 Å². The summed E-state index contributed by atoms with van der Waals surface area (Å²) in [5.41, 5.74) is 0. The van der Waals surface area contributed by atoms with Gasteiger partial charge in [-0.1, -0.05) is 24.3 Å². The van der Waals surface area contributed by atoms with E-state index in [0.717, 1.165) is 17.9 Å². The van der Waals surface area contributed by atoms with E-state index in [-0.39, 0.29) is 16.9 Å². The lowest BCUT2D eigenvalue weighted by atomic mass is 10.1. The Morgan fingerprint density at radius 1 is 0.857 bits per heavy atom. The Kier molecular flexibility index (Phi) is 4.45. The fraction of sp³-hybridized carbons (Fsp3) is 0.174. The van der Waals surface area contributed by atoms with Crippen molar-refractivity contribution in [2.75, 3.05) is 6.61 Å². The molecule has 0 aromatic heterocycles. The summed E-state index contributed by atoms with van der Waals surface area (Å²) in [6.07, 6.45) is 1.03. The summed E-state index contributed by atoms with van der Waals surface area (Å²) in [7, 11) is -0.252. The molecule has 1 saturated heterocycles. The van der Waals surface area contributed by atoms with E-state index >= 15 is 0 Å². The summed E-state index contributed by atoms with van der Waals surface area (Å²) in [4.78, 5) is 15.4. The first kappa shape index (κ1) is 17.2. The van der Waals surface area contributed by atoms with Crippen LogP contribution in [0.1, 0.15) is 12.8 Å². The zero-order valence-electron chi connectivity index (χ0n) is 15.2. The van der Waals surface area contributed by atoms with Crippen molar-refractivity contribution in [3.05, 3.63) is 72.8 Å². The quantitative estimate of drug-likeness (QED) is 0.365. The van der Waals surface area contributed by atoms with Gasteiger partial charge < -0.3 is 14.2 Å². The predicted octanol–water partition coefficient (Wildman–Crippen LogP) is 4.97. The van der Waals surface area contributed by atoms with Crippen LogP contribution in [0.4, 0.5) is 0 Å². The highest BCUT2D eigenvalue weighted by Gasteiger charge is 2.39. The molecule has 0 saturated carbocycles. The molecule has 2 aliphatic heterocycles. The number of ether oxygens (including phenoxy) is 3. The molecule has 0 spiro atoms. The number of carbonyl (C=O) groups is 1. The van der Waals surface area contributed by atoms with Crippen LogP contribution in [0.2, 0.25) is 0 Å². The lowest BCUT2D eigenvalue weighted by molar-refractivity contribution is -0.156. The summed E-state index contributed by atoms with van der Waals surface area (Å²) in [6.45, 7) is 0.487. The van der Waals surface area contributed by atoms with E-state index in [1.807, 2.05) is 48.5 Å². The standard InChI is InChI=1S/C23H19O4S/c24-23-20(8-5-15-25-23)26-16-11-13-17(14-12-16)28-21-9-3-1-6-18(21)27-19-7-2-4-10-22(19)28/h1-4,6-7,9-14,20H,5,8,15H2/q+1. The fourth-order valence-electron chi connectivity index (χ4n) is 3.47. The number of benzene rings is 3. The zero-order valence-corrected chi connectivity index (χ0v) is 16.0. The summed E-state index contributed by atoms with van der Waals surface area (Å²) >= 11 is 0. The summed E-state index contributed by atoms with van der Waals surface area (Å²) in [5.74, 6) is 2.21. The molecular formula is C23H19O4S+. The number of carbonyl (C=O) groups excluding carboxylic acids is 1. The molecule has 5 rings (SSSR count). The van der Waals surface area contributed by atoms with Crippen LogP contribution in [0.3, 0.4) is 0 Å². The van der Waals surface area contributed by atoms with Gasteiger partial charge in [0.25, 0.3) is 0 Å². The summed E-state index contributed by atoms with van der Waals surface area (Å²) in [6, 6.07) is 24.4. The molecule has 1 fully saturated rings. The molecule has 4 nitrogen and oxygen atoms in total. The maximum absolute atomic E-state index is 11.8. The molecule has 140 valence electrons. The number of para-hydroxylation sites is 2. The van der Waals surface area contributed by atoms with Crippen molar-refractivity contribution in [3.63, 3.8) is 0 Å². The highest BCUT2D eigenvalue weighted by Crippen LogP contribution is 2.46. The third-order valence-electron chi connectivity index (χ3n) is 4.81. The Labute approximate surface area is 166 Å². The second-order valence-corrected chi connectivity index (χ2v) is 8.65. The van der Waals surface area contributed by atoms with Crippen molar-refractivity contribution in [3.8, 4) is 17.2 Å². The van der Waals surface area contributed by atoms with E-state index < -0.39 is 6.10 Å². The molecule has 0 bridgehead atoms. The van der Waals surface area contributed by atoms with Gasteiger partial charge in [0, 0.05) is 0 Å². The third-order valence-corrected chi connectivity index (χ3v) is 7.11. The van der Waals surface area contributed by atoms with Gasteiger partial charge in [-0.05, 0) is 61.4 Å². The smallest absolute Gasteiger partial charge is 0.347 e. The van der Waals surface area contributed by atoms with E-state index in [1.165, 1.54) is 14.7 Å². The highest BCUT2D eigenvalue weighted by atomic mass is 32.2. The lowest BCUT2D eigenvalue weighted by Crippen LogP contribution is -2.33. The SMILES string of the molecule is O=C1OCCCC1Oc1ccc([S+]2c3ccccc3Oc3ccccc32)cc1. The lowest BCUT2D eigenvalue weighted by Gasteiger charge is -2.22. The Hall–Kier alpha value is -2.92. The Bertz CT molecular complexity index is 970. The fourth-order valence-corrected chi connectivity index (χ4v) is 5.68. The maximum atomic E-state index is 11.8. The van der Waals surface area contributed by atoms with Crippen LogP contribution in [0.5, 0.6) is 17.2 Å². The molecule has 5 heteroatoms. The first-order valence-electron chi connectivity index (χ1n) is 9.33. The first-order valence-corrected chi connectivity index (χ1v) is 10.6. The molecular weight excluding hydrogens is 372 g/mol. The van der Waals surface area contributed by atoms with Gasteiger partial charge in [0.15, 0.2) is 22.5 Å². The molecule has 1 atom stereocenters. The minimum Gasteiger partial charge on any atom is -0.479 e. The van der Waals surface area contributed by atoms with E-state index in [2.05, 4.69) is 24.3 Å². The summed E-state index contributed by atoms with van der Waals surface area (Å²) < 4.78 is 17.0. The average Bonchev–Trinajstić information content (AvgIpc) is 2.74. The van der Waals surface area contributed by atoms with E-state index in [4.69, 9.17) is 14.2 Å². The van der Waals surface area contributed by atoms with Crippen molar-refractivity contribution < 1.29 is 19.0 Å². The first-order chi connectivity index (χ1) is 13.8. The van der Waals surface area contributed by atoms with Gasteiger partial charge in [-0.15, -0.1) is 0 Å². The van der Waals surface area contributed by atoms with Gasteiger partial charge in [-0.2, -0.15) is 0 Å². The van der Waals surface area contributed by atoms with Crippen molar-refractivity contribution in [1.82, 2.24) is 0 Å². The van der Waals surface area contributed by atoms with Gasteiger partial charge in [-0.25, -0.2) is 4.79 Å². The Morgan fingerprint density at radius 2 is 1.50 bits per heavy atom. The highest BCUT2D eigenvalue weighted by molar-refractivity contribution is 7.97. The van der Waals surface area contributed by atoms with Crippen LogP contribution >= 0.6 is 0 Å². The van der Waals surface area contributed by atoms with Crippen molar-refractivity contribution >= 4 is 16.9 Å². The zero-order chi connectivity index (χ0) is 18.9. The number of fused-ring (bicyclic) bond motifs is 2. The van der Waals surface area contributed by atoms with Gasteiger partial charge in [-0.3, -0.25) is 0 Å². The summed E-state index contributed by atoms with van der Waals surface area (Å²) in [5, 5.41) is 0. The van der Waals surface area contributed by atoms with Crippen LogP contribution in [0.25, 0.3) is 0 Å².